The molecule has 2 aromatic rings. The first-order chi connectivity index (χ1) is 9.70. The van der Waals surface area contributed by atoms with E-state index in [9.17, 15) is 5.11 Å². The van der Waals surface area contributed by atoms with Crippen molar-refractivity contribution in [1.29, 1.82) is 0 Å². The van der Waals surface area contributed by atoms with Crippen molar-refractivity contribution >= 4 is 10.8 Å². The van der Waals surface area contributed by atoms with E-state index in [1.165, 1.54) is 0 Å². The molecule has 3 rings (SSSR count). The van der Waals surface area contributed by atoms with Gasteiger partial charge in [-0.15, -0.1) is 0 Å². The van der Waals surface area contributed by atoms with Crippen molar-refractivity contribution in [3.8, 4) is 11.5 Å². The maximum atomic E-state index is 10.4. The maximum absolute atomic E-state index is 10.4. The third-order valence-electron chi connectivity index (χ3n) is 3.95. The zero-order valence-electron chi connectivity index (χ0n) is 11.6. The molecule has 1 N–H and O–H groups in total. The van der Waals surface area contributed by atoms with Gasteiger partial charge in [0, 0.05) is 17.8 Å². The summed E-state index contributed by atoms with van der Waals surface area (Å²) in [4.78, 5) is 4.11. The minimum Gasteiger partial charge on any atom is -0.493 e. The Labute approximate surface area is 118 Å². The minimum absolute atomic E-state index is 0.315. The highest BCUT2D eigenvalue weighted by molar-refractivity contribution is 5.85. The molecule has 1 aromatic heterocycles. The van der Waals surface area contributed by atoms with E-state index in [1.54, 1.807) is 19.5 Å². The third-order valence-corrected chi connectivity index (χ3v) is 3.95. The van der Waals surface area contributed by atoms with E-state index in [0.29, 0.717) is 18.1 Å². The van der Waals surface area contributed by atoms with Crippen LogP contribution in [0.3, 0.4) is 0 Å². The fraction of sp³-hybridized carbons (Fsp3) is 0.438. The number of nitrogens with zero attached hydrogens (tertiary/aromatic N) is 1. The lowest BCUT2D eigenvalue weighted by atomic mass is 10.0. The largest absolute Gasteiger partial charge is 0.493 e. The Balaban J connectivity index is 1.85. The number of pyridine rings is 1. The standard InChI is InChI=1S/C16H19NO3/c1-19-14-8-12-4-7-17-10-13(12)9-15(14)20-11-16(18)5-2-3-6-16/h4,7-10,18H,2-3,5-6,11H2,1H3. The molecule has 1 aliphatic rings. The van der Waals surface area contributed by atoms with Crippen molar-refractivity contribution < 1.29 is 14.6 Å². The molecule has 1 fully saturated rings. The van der Waals surface area contributed by atoms with Crippen LogP contribution in [0.15, 0.2) is 30.6 Å². The molecule has 0 bridgehead atoms. The lowest BCUT2D eigenvalue weighted by Crippen LogP contribution is -2.32. The second kappa shape index (κ2) is 5.29. The maximum Gasteiger partial charge on any atom is 0.162 e. The van der Waals surface area contributed by atoms with Crippen LogP contribution in [0, 0.1) is 0 Å². The molecule has 4 nitrogen and oxygen atoms in total. The predicted octanol–water partition coefficient (Wildman–Crippen LogP) is 2.93. The molecule has 106 valence electrons. The van der Waals surface area contributed by atoms with Crippen molar-refractivity contribution in [3.63, 3.8) is 0 Å². The van der Waals surface area contributed by atoms with Crippen molar-refractivity contribution in [2.45, 2.75) is 31.3 Å². The van der Waals surface area contributed by atoms with Gasteiger partial charge in [-0.3, -0.25) is 4.98 Å². The van der Waals surface area contributed by atoms with E-state index in [4.69, 9.17) is 9.47 Å². The molecule has 0 aliphatic heterocycles. The number of hydrogen-bond acceptors (Lipinski definition) is 4. The molecule has 20 heavy (non-hydrogen) atoms. The molecule has 1 aliphatic carbocycles. The summed E-state index contributed by atoms with van der Waals surface area (Å²) in [5, 5.41) is 12.4. The molecular formula is C16H19NO3. The third kappa shape index (κ3) is 2.56. The molecule has 0 amide bonds. The highest BCUT2D eigenvalue weighted by atomic mass is 16.5. The van der Waals surface area contributed by atoms with E-state index in [2.05, 4.69) is 4.98 Å². The summed E-state index contributed by atoms with van der Waals surface area (Å²) in [5.41, 5.74) is -0.686. The summed E-state index contributed by atoms with van der Waals surface area (Å²) in [6, 6.07) is 5.79. The Morgan fingerprint density at radius 2 is 1.95 bits per heavy atom. The number of rotatable bonds is 4. The van der Waals surface area contributed by atoms with Gasteiger partial charge in [-0.25, -0.2) is 0 Å². The van der Waals surface area contributed by atoms with Crippen LogP contribution in [0.25, 0.3) is 10.8 Å². The van der Waals surface area contributed by atoms with Gasteiger partial charge in [0.25, 0.3) is 0 Å². The van der Waals surface area contributed by atoms with Crippen molar-refractivity contribution in [2.75, 3.05) is 13.7 Å². The number of benzene rings is 1. The average molecular weight is 273 g/mol. The van der Waals surface area contributed by atoms with Crippen LogP contribution < -0.4 is 9.47 Å². The predicted molar refractivity (Wildman–Crippen MR) is 77.2 cm³/mol. The zero-order chi connectivity index (χ0) is 14.0. The summed E-state index contributed by atoms with van der Waals surface area (Å²) in [6.45, 7) is 0.315. The lowest BCUT2D eigenvalue weighted by Gasteiger charge is -2.23. The van der Waals surface area contributed by atoms with E-state index in [0.717, 1.165) is 36.5 Å². The van der Waals surface area contributed by atoms with Crippen molar-refractivity contribution in [3.05, 3.63) is 30.6 Å². The number of hydrogen-bond donors (Lipinski definition) is 1. The Morgan fingerprint density at radius 3 is 2.70 bits per heavy atom. The number of aliphatic hydroxyl groups is 1. The van der Waals surface area contributed by atoms with Gasteiger partial charge >= 0.3 is 0 Å². The summed E-state index contributed by atoms with van der Waals surface area (Å²) in [6.07, 6.45) is 7.31. The Hall–Kier alpha value is -1.81. The smallest absolute Gasteiger partial charge is 0.162 e. The van der Waals surface area contributed by atoms with Crippen LogP contribution in [-0.4, -0.2) is 29.4 Å². The molecule has 4 heteroatoms. The highest BCUT2D eigenvalue weighted by Gasteiger charge is 2.32. The van der Waals surface area contributed by atoms with Crippen LogP contribution in [0.1, 0.15) is 25.7 Å². The van der Waals surface area contributed by atoms with E-state index in [-0.39, 0.29) is 0 Å². The van der Waals surface area contributed by atoms with Gasteiger partial charge in [0.15, 0.2) is 11.5 Å². The summed E-state index contributed by atoms with van der Waals surface area (Å²) in [7, 11) is 1.62. The second-order valence-electron chi connectivity index (χ2n) is 5.45. The van der Waals surface area contributed by atoms with Gasteiger partial charge < -0.3 is 14.6 Å². The van der Waals surface area contributed by atoms with Crippen molar-refractivity contribution in [2.24, 2.45) is 0 Å². The van der Waals surface area contributed by atoms with Gasteiger partial charge in [0.2, 0.25) is 0 Å². The Bertz CT molecular complexity index is 606. The van der Waals surface area contributed by atoms with E-state index in [1.807, 2.05) is 18.2 Å². The average Bonchev–Trinajstić information content (AvgIpc) is 2.91. The van der Waals surface area contributed by atoms with Crippen LogP contribution in [0.5, 0.6) is 11.5 Å². The Kier molecular flexibility index (Phi) is 3.49. The molecule has 0 spiro atoms. The molecule has 0 radical (unpaired) electrons. The molecule has 0 unspecified atom stereocenters. The second-order valence-corrected chi connectivity index (χ2v) is 5.45. The van der Waals surface area contributed by atoms with Gasteiger partial charge in [-0.05, 0) is 36.4 Å². The summed E-state index contributed by atoms with van der Waals surface area (Å²) >= 11 is 0. The number of aromatic nitrogens is 1. The highest BCUT2D eigenvalue weighted by Crippen LogP contribution is 2.35. The van der Waals surface area contributed by atoms with Crippen LogP contribution in [0.4, 0.5) is 0 Å². The van der Waals surface area contributed by atoms with Crippen LogP contribution in [0.2, 0.25) is 0 Å². The quantitative estimate of drug-likeness (QED) is 0.930. The number of fused-ring (bicyclic) bond motifs is 1. The fourth-order valence-electron chi connectivity index (χ4n) is 2.76. The first-order valence-corrected chi connectivity index (χ1v) is 6.97. The number of methoxy groups -OCH3 is 1. The van der Waals surface area contributed by atoms with E-state index < -0.39 is 5.60 Å². The van der Waals surface area contributed by atoms with E-state index >= 15 is 0 Å². The lowest BCUT2D eigenvalue weighted by molar-refractivity contribution is 0.000781. The molecule has 1 heterocycles. The molecule has 1 saturated carbocycles. The zero-order valence-corrected chi connectivity index (χ0v) is 11.6. The first-order valence-electron chi connectivity index (χ1n) is 6.97. The normalized spacial score (nSPS) is 17.3. The SMILES string of the molecule is COc1cc2ccncc2cc1OCC1(O)CCCC1. The van der Waals surface area contributed by atoms with Gasteiger partial charge in [-0.2, -0.15) is 0 Å². The van der Waals surface area contributed by atoms with Gasteiger partial charge in [-0.1, -0.05) is 12.8 Å². The fourth-order valence-corrected chi connectivity index (χ4v) is 2.76. The molecule has 0 saturated heterocycles. The van der Waals surface area contributed by atoms with Gasteiger partial charge in [0.1, 0.15) is 6.61 Å². The van der Waals surface area contributed by atoms with Crippen LogP contribution in [-0.2, 0) is 0 Å². The van der Waals surface area contributed by atoms with Gasteiger partial charge in [0.05, 0.1) is 12.7 Å². The molecule has 0 atom stereocenters. The monoisotopic (exact) mass is 273 g/mol. The summed E-state index contributed by atoms with van der Waals surface area (Å²) < 4.78 is 11.2. The van der Waals surface area contributed by atoms with Crippen LogP contribution >= 0.6 is 0 Å². The molecular weight excluding hydrogens is 254 g/mol. The topological polar surface area (TPSA) is 51.6 Å². The first kappa shape index (κ1) is 13.2. The molecule has 1 aromatic carbocycles. The Morgan fingerprint density at radius 1 is 1.20 bits per heavy atom. The van der Waals surface area contributed by atoms with Crippen molar-refractivity contribution in [1.82, 2.24) is 4.98 Å². The minimum atomic E-state index is -0.686. The summed E-state index contributed by atoms with van der Waals surface area (Å²) in [5.74, 6) is 1.35. The number of ether oxygens (including phenoxy) is 2.